The Morgan fingerprint density at radius 3 is 2.53 bits per heavy atom. The molecular formula is C27H24FN5O2S. The molecule has 0 saturated heterocycles. The molecule has 0 atom stereocenters. The zero-order valence-corrected chi connectivity index (χ0v) is 20.6. The third kappa shape index (κ3) is 4.74. The zero-order valence-electron chi connectivity index (χ0n) is 19.8. The molecule has 7 nitrogen and oxygen atoms in total. The number of rotatable bonds is 7. The summed E-state index contributed by atoms with van der Waals surface area (Å²) in [5, 5.41) is 12.6. The summed E-state index contributed by atoms with van der Waals surface area (Å²) < 4.78 is 17.1. The summed E-state index contributed by atoms with van der Waals surface area (Å²) in [5.41, 5.74) is 2.52. The van der Waals surface area contributed by atoms with Crippen LogP contribution in [0.4, 0.5) is 4.39 Å². The number of nitrogens with one attached hydrogen (secondary N) is 1. The van der Waals surface area contributed by atoms with Gasteiger partial charge in [0.2, 0.25) is 5.78 Å². The van der Waals surface area contributed by atoms with Gasteiger partial charge in [-0.2, -0.15) is 0 Å². The number of carbonyl (C=O) groups excluding carboxylic acids is 1. The first-order valence-electron chi connectivity index (χ1n) is 11.5. The molecule has 2 aromatic heterocycles. The second kappa shape index (κ2) is 9.94. The largest absolute Gasteiger partial charge is 0.350 e. The van der Waals surface area contributed by atoms with Crippen LogP contribution < -0.4 is 10.9 Å². The number of amides is 1. The molecule has 0 spiro atoms. The highest BCUT2D eigenvalue weighted by molar-refractivity contribution is 7.98. The van der Waals surface area contributed by atoms with E-state index in [0.29, 0.717) is 39.7 Å². The van der Waals surface area contributed by atoms with Gasteiger partial charge in [0, 0.05) is 17.4 Å². The Hall–Kier alpha value is -3.98. The predicted octanol–water partition coefficient (Wildman–Crippen LogP) is 4.66. The van der Waals surface area contributed by atoms with E-state index in [1.165, 1.54) is 23.9 Å². The van der Waals surface area contributed by atoms with Crippen LogP contribution in [0.5, 0.6) is 0 Å². The molecule has 9 heteroatoms. The third-order valence-corrected chi connectivity index (χ3v) is 6.69. The van der Waals surface area contributed by atoms with E-state index in [2.05, 4.69) is 15.5 Å². The zero-order chi connectivity index (χ0) is 25.2. The van der Waals surface area contributed by atoms with Gasteiger partial charge >= 0.3 is 0 Å². The second-order valence-electron chi connectivity index (χ2n) is 8.77. The molecule has 0 saturated carbocycles. The van der Waals surface area contributed by atoms with E-state index in [9.17, 15) is 14.0 Å². The molecule has 36 heavy (non-hydrogen) atoms. The lowest BCUT2D eigenvalue weighted by atomic mass is 10.1. The van der Waals surface area contributed by atoms with Crippen LogP contribution >= 0.6 is 11.8 Å². The van der Waals surface area contributed by atoms with Crippen LogP contribution in [0.2, 0.25) is 0 Å². The highest BCUT2D eigenvalue weighted by Gasteiger charge is 2.19. The number of hydrogen-bond acceptors (Lipinski definition) is 5. The van der Waals surface area contributed by atoms with Gasteiger partial charge in [-0.05, 0) is 55.3 Å². The van der Waals surface area contributed by atoms with E-state index in [4.69, 9.17) is 0 Å². The molecule has 0 bridgehead atoms. The normalized spacial score (nSPS) is 11.4. The van der Waals surface area contributed by atoms with Crippen molar-refractivity contribution in [3.05, 3.63) is 106 Å². The van der Waals surface area contributed by atoms with Crippen molar-refractivity contribution in [1.82, 2.24) is 24.5 Å². The monoisotopic (exact) mass is 501 g/mol. The molecule has 0 unspecified atom stereocenters. The minimum Gasteiger partial charge on any atom is -0.350 e. The van der Waals surface area contributed by atoms with E-state index in [-0.39, 0.29) is 23.3 Å². The molecule has 0 aliphatic rings. The number of hydrogen-bond donors (Lipinski definition) is 1. The Morgan fingerprint density at radius 1 is 1.00 bits per heavy atom. The maximum Gasteiger partial charge on any atom is 0.263 e. The maximum atomic E-state index is 13.7. The van der Waals surface area contributed by atoms with Crippen molar-refractivity contribution in [3.63, 3.8) is 0 Å². The summed E-state index contributed by atoms with van der Waals surface area (Å²) in [6.45, 7) is 4.10. The average Bonchev–Trinajstić information content (AvgIpc) is 3.29. The lowest BCUT2D eigenvalue weighted by molar-refractivity contribution is 0.0943. The van der Waals surface area contributed by atoms with Gasteiger partial charge in [0.25, 0.3) is 11.5 Å². The third-order valence-electron chi connectivity index (χ3n) is 5.69. The fourth-order valence-electron chi connectivity index (χ4n) is 4.04. The minimum atomic E-state index is -0.304. The summed E-state index contributed by atoms with van der Waals surface area (Å²) in [4.78, 5) is 26.3. The molecule has 3 aromatic carbocycles. The van der Waals surface area contributed by atoms with Crippen molar-refractivity contribution in [3.8, 4) is 0 Å². The molecule has 0 fully saturated rings. The van der Waals surface area contributed by atoms with Crippen molar-refractivity contribution in [2.75, 3.05) is 0 Å². The van der Waals surface area contributed by atoms with E-state index in [0.717, 1.165) is 11.1 Å². The summed E-state index contributed by atoms with van der Waals surface area (Å²) in [6.07, 6.45) is 0. The summed E-state index contributed by atoms with van der Waals surface area (Å²) >= 11 is 1.39. The second-order valence-corrected chi connectivity index (χ2v) is 9.72. The van der Waals surface area contributed by atoms with Gasteiger partial charge in [0.15, 0.2) is 5.16 Å². The number of fused-ring (bicyclic) bond motifs is 3. The number of benzene rings is 3. The molecular weight excluding hydrogens is 477 g/mol. The fraction of sp³-hybridized carbons (Fsp3) is 0.185. The van der Waals surface area contributed by atoms with Gasteiger partial charge in [0.1, 0.15) is 5.82 Å². The Morgan fingerprint density at radius 2 is 1.78 bits per heavy atom. The topological polar surface area (TPSA) is 81.3 Å². The molecule has 1 amide bonds. The fourth-order valence-corrected chi connectivity index (χ4v) is 4.93. The van der Waals surface area contributed by atoms with E-state index in [1.54, 1.807) is 33.2 Å². The van der Waals surface area contributed by atoms with Gasteiger partial charge in [-0.1, -0.05) is 54.2 Å². The number of halogens is 1. The van der Waals surface area contributed by atoms with Crippen LogP contribution in [0.25, 0.3) is 16.7 Å². The number of carbonyl (C=O) groups is 1. The molecule has 0 aliphatic heterocycles. The first-order chi connectivity index (χ1) is 17.4. The van der Waals surface area contributed by atoms with Crippen LogP contribution in [-0.2, 0) is 12.3 Å². The summed E-state index contributed by atoms with van der Waals surface area (Å²) in [6, 6.07) is 21.0. The van der Waals surface area contributed by atoms with Gasteiger partial charge < -0.3 is 5.32 Å². The van der Waals surface area contributed by atoms with E-state index >= 15 is 0 Å². The van der Waals surface area contributed by atoms with Crippen LogP contribution in [0.15, 0.2) is 82.7 Å². The van der Waals surface area contributed by atoms with Crippen molar-refractivity contribution < 1.29 is 9.18 Å². The molecule has 2 heterocycles. The first kappa shape index (κ1) is 23.7. The van der Waals surface area contributed by atoms with Gasteiger partial charge in [0.05, 0.1) is 17.4 Å². The first-order valence-corrected chi connectivity index (χ1v) is 12.5. The number of aromatic nitrogens is 4. The quantitative estimate of drug-likeness (QED) is 0.328. The lowest BCUT2D eigenvalue weighted by Gasteiger charge is -2.13. The minimum absolute atomic E-state index is 0.0283. The predicted molar refractivity (Wildman–Crippen MR) is 139 cm³/mol. The molecule has 182 valence electrons. The standard InChI is InChI=1S/C27H24FN5O2S/c1-17(2)29-24(34)20-11-12-22-23(14-20)33-26(32(25(22)35)15-18-7-4-3-5-8-18)30-31-27(33)36-16-19-9-6-10-21(28)13-19/h3-14,17H,15-16H2,1-2H3,(H,29,34). The van der Waals surface area contributed by atoms with Gasteiger partial charge in [-0.25, -0.2) is 4.39 Å². The molecule has 5 aromatic rings. The number of nitrogens with zero attached hydrogens (tertiary/aromatic N) is 4. The molecule has 1 N–H and O–H groups in total. The highest BCUT2D eigenvalue weighted by atomic mass is 32.2. The summed E-state index contributed by atoms with van der Waals surface area (Å²) in [7, 11) is 0. The van der Waals surface area contributed by atoms with E-state index < -0.39 is 0 Å². The van der Waals surface area contributed by atoms with Crippen LogP contribution in [-0.4, -0.2) is 31.1 Å². The van der Waals surface area contributed by atoms with Crippen LogP contribution in [0.1, 0.15) is 35.3 Å². The van der Waals surface area contributed by atoms with Crippen LogP contribution in [0.3, 0.4) is 0 Å². The van der Waals surface area contributed by atoms with Crippen molar-refractivity contribution >= 4 is 34.3 Å². The number of thioether (sulfide) groups is 1. The average molecular weight is 502 g/mol. The molecule has 0 radical (unpaired) electrons. The summed E-state index contributed by atoms with van der Waals surface area (Å²) in [5.74, 6) is 0.308. The van der Waals surface area contributed by atoms with E-state index in [1.807, 2.05) is 50.2 Å². The molecule has 0 aliphatic carbocycles. The highest BCUT2D eigenvalue weighted by Crippen LogP contribution is 2.26. The Bertz CT molecular complexity index is 1630. The van der Waals surface area contributed by atoms with Crippen LogP contribution in [0, 0.1) is 5.82 Å². The van der Waals surface area contributed by atoms with Crippen molar-refractivity contribution in [2.24, 2.45) is 0 Å². The Kier molecular flexibility index (Phi) is 6.56. The van der Waals surface area contributed by atoms with Gasteiger partial charge in [-0.15, -0.1) is 10.2 Å². The smallest absolute Gasteiger partial charge is 0.263 e. The Balaban J connectivity index is 1.67. The molecule has 5 rings (SSSR count). The SMILES string of the molecule is CC(C)NC(=O)c1ccc2c(=O)n(Cc3ccccc3)c3nnc(SCc4cccc(F)c4)n3c2c1. The van der Waals surface area contributed by atoms with Gasteiger partial charge in [-0.3, -0.25) is 18.6 Å². The van der Waals surface area contributed by atoms with Crippen molar-refractivity contribution in [1.29, 1.82) is 0 Å². The van der Waals surface area contributed by atoms with Crippen molar-refractivity contribution in [2.45, 2.75) is 37.3 Å². The maximum absolute atomic E-state index is 13.7. The lowest BCUT2D eigenvalue weighted by Crippen LogP contribution is -2.30. The Labute approximate surface area is 211 Å².